The third kappa shape index (κ3) is 4.37. The lowest BCUT2D eigenvalue weighted by Crippen LogP contribution is -2.13. The summed E-state index contributed by atoms with van der Waals surface area (Å²) in [6, 6.07) is 12.1. The lowest BCUT2D eigenvalue weighted by molar-refractivity contribution is -0.112. The van der Waals surface area contributed by atoms with E-state index in [1.165, 1.54) is 6.08 Å². The van der Waals surface area contributed by atoms with Crippen molar-refractivity contribution in [3.8, 4) is 6.07 Å². The molecule has 0 atom stereocenters. The molecule has 0 fully saturated rings. The highest BCUT2D eigenvalue weighted by Crippen LogP contribution is 2.15. The zero-order valence-corrected chi connectivity index (χ0v) is 11.7. The fourth-order valence-corrected chi connectivity index (χ4v) is 1.74. The third-order valence-electron chi connectivity index (χ3n) is 2.51. The average Bonchev–Trinajstić information content (AvgIpc) is 2.96. The first kappa shape index (κ1) is 14.6. The number of hydrogen-bond acceptors (Lipinski definition) is 3. The number of carbonyl (C=O) groups is 1. The first-order valence-electron chi connectivity index (χ1n) is 6.08. The molecule has 5 heteroatoms. The van der Waals surface area contributed by atoms with E-state index in [0.717, 1.165) is 0 Å². The Morgan fingerprint density at radius 3 is 2.86 bits per heavy atom. The van der Waals surface area contributed by atoms with Crippen LogP contribution in [0.4, 0.5) is 5.69 Å². The van der Waals surface area contributed by atoms with Gasteiger partial charge in [0.25, 0.3) is 5.91 Å². The Balaban J connectivity index is 2.06. The van der Waals surface area contributed by atoms with Gasteiger partial charge in [-0.2, -0.15) is 5.26 Å². The predicted octanol–water partition coefficient (Wildman–Crippen LogP) is 4.03. The molecule has 0 aliphatic carbocycles. The Bertz CT molecular complexity index is 725. The molecule has 4 nitrogen and oxygen atoms in total. The number of furan rings is 1. The van der Waals surface area contributed by atoms with Gasteiger partial charge in [0.15, 0.2) is 0 Å². The van der Waals surface area contributed by atoms with Crippen molar-refractivity contribution in [2.45, 2.75) is 0 Å². The Labute approximate surface area is 127 Å². The first-order valence-corrected chi connectivity index (χ1v) is 6.46. The molecule has 0 radical (unpaired) electrons. The van der Waals surface area contributed by atoms with Crippen LogP contribution in [0.2, 0.25) is 5.02 Å². The number of amides is 1. The van der Waals surface area contributed by atoms with Crippen LogP contribution in [-0.4, -0.2) is 5.91 Å². The largest absolute Gasteiger partial charge is 0.465 e. The summed E-state index contributed by atoms with van der Waals surface area (Å²) < 4.78 is 5.10. The Morgan fingerprint density at radius 1 is 1.33 bits per heavy atom. The first-order chi connectivity index (χ1) is 10.2. The molecule has 0 bridgehead atoms. The van der Waals surface area contributed by atoms with Crippen molar-refractivity contribution < 1.29 is 9.21 Å². The van der Waals surface area contributed by atoms with Crippen LogP contribution in [0, 0.1) is 11.3 Å². The average molecular weight is 299 g/mol. The molecule has 1 amide bonds. The van der Waals surface area contributed by atoms with E-state index < -0.39 is 5.91 Å². The van der Waals surface area contributed by atoms with E-state index in [2.05, 4.69) is 5.32 Å². The molecule has 2 rings (SSSR count). The molecule has 1 aromatic heterocycles. The summed E-state index contributed by atoms with van der Waals surface area (Å²) in [4.78, 5) is 11.9. The normalized spacial score (nSPS) is 11.3. The van der Waals surface area contributed by atoms with Gasteiger partial charge in [-0.1, -0.05) is 23.7 Å². The molecule has 1 N–H and O–H groups in total. The second-order valence-electron chi connectivity index (χ2n) is 4.03. The van der Waals surface area contributed by atoms with E-state index >= 15 is 0 Å². The molecule has 21 heavy (non-hydrogen) atoms. The monoisotopic (exact) mass is 298 g/mol. The molecule has 0 saturated carbocycles. The van der Waals surface area contributed by atoms with E-state index in [9.17, 15) is 4.79 Å². The highest BCUT2D eigenvalue weighted by molar-refractivity contribution is 6.31. The smallest absolute Gasteiger partial charge is 0.266 e. The van der Waals surface area contributed by atoms with E-state index in [1.807, 2.05) is 6.07 Å². The van der Waals surface area contributed by atoms with Crippen LogP contribution in [0.25, 0.3) is 6.08 Å². The van der Waals surface area contributed by atoms with Gasteiger partial charge < -0.3 is 9.73 Å². The summed E-state index contributed by atoms with van der Waals surface area (Å²) in [5.74, 6) is 0.141. The second kappa shape index (κ2) is 7.13. The van der Waals surface area contributed by atoms with Crippen molar-refractivity contribution in [2.24, 2.45) is 0 Å². The second-order valence-corrected chi connectivity index (χ2v) is 4.47. The van der Waals surface area contributed by atoms with E-state index in [0.29, 0.717) is 16.5 Å². The van der Waals surface area contributed by atoms with Crippen molar-refractivity contribution in [2.75, 3.05) is 5.32 Å². The van der Waals surface area contributed by atoms with Crippen molar-refractivity contribution in [1.29, 1.82) is 5.26 Å². The minimum absolute atomic E-state index is 0.0159. The summed E-state index contributed by atoms with van der Waals surface area (Å²) >= 11 is 5.83. The van der Waals surface area contributed by atoms with Crippen LogP contribution < -0.4 is 5.32 Å². The van der Waals surface area contributed by atoms with Gasteiger partial charge in [-0.15, -0.1) is 0 Å². The summed E-state index contributed by atoms with van der Waals surface area (Å²) in [5.41, 5.74) is 0.515. The summed E-state index contributed by atoms with van der Waals surface area (Å²) in [6.07, 6.45) is 6.20. The van der Waals surface area contributed by atoms with Crippen LogP contribution in [0.1, 0.15) is 5.76 Å². The lowest BCUT2D eigenvalue weighted by Gasteiger charge is -2.03. The van der Waals surface area contributed by atoms with Crippen LogP contribution >= 0.6 is 11.6 Å². The fourth-order valence-electron chi connectivity index (χ4n) is 1.55. The lowest BCUT2D eigenvalue weighted by atomic mass is 10.2. The number of nitrogens with zero attached hydrogens (tertiary/aromatic N) is 1. The minimum Gasteiger partial charge on any atom is -0.465 e. The molecule has 0 aliphatic rings. The number of anilines is 1. The van der Waals surface area contributed by atoms with Crippen LogP contribution in [0.3, 0.4) is 0 Å². The molecule has 0 spiro atoms. The molecular formula is C16H11ClN2O2. The van der Waals surface area contributed by atoms with Gasteiger partial charge >= 0.3 is 0 Å². The van der Waals surface area contributed by atoms with Gasteiger partial charge in [0.2, 0.25) is 0 Å². The molecule has 2 aromatic rings. The standard InChI is InChI=1S/C16H11ClN2O2/c17-13-5-2-6-14(10-13)19-16(20)12(11-18)4-1-7-15-8-3-9-21-15/h1-10H,(H,19,20). The zero-order valence-electron chi connectivity index (χ0n) is 10.9. The molecule has 1 aromatic carbocycles. The summed E-state index contributed by atoms with van der Waals surface area (Å²) in [7, 11) is 0. The van der Waals surface area contributed by atoms with E-state index in [-0.39, 0.29) is 5.57 Å². The third-order valence-corrected chi connectivity index (χ3v) is 2.75. The van der Waals surface area contributed by atoms with Crippen LogP contribution in [-0.2, 0) is 4.79 Å². The van der Waals surface area contributed by atoms with Crippen molar-refractivity contribution in [3.05, 3.63) is 71.2 Å². The minimum atomic E-state index is -0.496. The quantitative estimate of drug-likeness (QED) is 0.526. The van der Waals surface area contributed by atoms with Gasteiger partial charge in [0.1, 0.15) is 17.4 Å². The number of nitrogens with one attached hydrogen (secondary N) is 1. The van der Waals surface area contributed by atoms with Crippen molar-refractivity contribution in [3.63, 3.8) is 0 Å². The molecule has 0 saturated heterocycles. The number of hydrogen-bond donors (Lipinski definition) is 1. The number of rotatable bonds is 4. The van der Waals surface area contributed by atoms with Crippen molar-refractivity contribution >= 4 is 29.3 Å². The number of benzene rings is 1. The number of nitriles is 1. The van der Waals surface area contributed by atoms with E-state index in [1.54, 1.807) is 54.8 Å². The summed E-state index contributed by atoms with van der Waals surface area (Å²) in [6.45, 7) is 0. The molecule has 104 valence electrons. The zero-order chi connectivity index (χ0) is 15.1. The van der Waals surface area contributed by atoms with E-state index in [4.69, 9.17) is 21.3 Å². The molecular weight excluding hydrogens is 288 g/mol. The molecule has 0 aliphatic heterocycles. The van der Waals surface area contributed by atoms with Gasteiger partial charge in [0.05, 0.1) is 6.26 Å². The molecule has 1 heterocycles. The predicted molar refractivity (Wildman–Crippen MR) is 81.5 cm³/mol. The fraction of sp³-hybridized carbons (Fsp3) is 0. The maximum Gasteiger partial charge on any atom is 0.266 e. The summed E-state index contributed by atoms with van der Waals surface area (Å²) in [5, 5.41) is 12.1. The highest BCUT2D eigenvalue weighted by Gasteiger charge is 2.08. The molecule has 0 unspecified atom stereocenters. The highest BCUT2D eigenvalue weighted by atomic mass is 35.5. The van der Waals surface area contributed by atoms with Gasteiger partial charge in [-0.25, -0.2) is 0 Å². The van der Waals surface area contributed by atoms with Crippen molar-refractivity contribution in [1.82, 2.24) is 0 Å². The maximum absolute atomic E-state index is 11.9. The Kier molecular flexibility index (Phi) is 4.97. The van der Waals surface area contributed by atoms with Gasteiger partial charge in [-0.05, 0) is 42.5 Å². The topological polar surface area (TPSA) is 66.0 Å². The Hall–Kier alpha value is -2.77. The SMILES string of the molecule is N#CC(=CC=Cc1ccco1)C(=O)Nc1cccc(Cl)c1. The number of halogens is 1. The van der Waals surface area contributed by atoms with Gasteiger partial charge in [0, 0.05) is 10.7 Å². The van der Waals surface area contributed by atoms with Gasteiger partial charge in [-0.3, -0.25) is 4.79 Å². The Morgan fingerprint density at radius 2 is 2.19 bits per heavy atom. The number of allylic oxidation sites excluding steroid dienone is 2. The van der Waals surface area contributed by atoms with Crippen LogP contribution in [0.5, 0.6) is 0 Å². The van der Waals surface area contributed by atoms with Crippen LogP contribution in [0.15, 0.2) is 64.8 Å². The maximum atomic E-state index is 11.9. The number of carbonyl (C=O) groups excluding carboxylic acids is 1.